The summed E-state index contributed by atoms with van der Waals surface area (Å²) in [6.45, 7) is 4.86. The van der Waals surface area contributed by atoms with Gasteiger partial charge in [0.25, 0.3) is 11.5 Å². The van der Waals surface area contributed by atoms with Crippen LogP contribution in [-0.2, 0) is 0 Å². The molecule has 0 radical (unpaired) electrons. The molecule has 1 fully saturated rings. The summed E-state index contributed by atoms with van der Waals surface area (Å²) < 4.78 is 2.00. The fourth-order valence-electron chi connectivity index (χ4n) is 4.11. The maximum atomic E-state index is 13.3. The summed E-state index contributed by atoms with van der Waals surface area (Å²) in [5.41, 5.74) is 1.33. The van der Waals surface area contributed by atoms with E-state index in [0.717, 1.165) is 24.3 Å². The van der Waals surface area contributed by atoms with Crippen molar-refractivity contribution in [1.82, 2.24) is 29.5 Å². The molecule has 1 aliphatic rings. The molecule has 1 saturated heterocycles. The number of aryl methyl sites for hydroxylation is 2. The molecule has 1 aliphatic heterocycles. The molecule has 5 heterocycles. The number of H-pyrrole nitrogens is 1. The fraction of sp³-hybridized carbons (Fsp3) is 0.350. The number of carbonyl (C=O) groups excluding carboxylic acids is 1. The van der Waals surface area contributed by atoms with Crippen LogP contribution < -0.4 is 5.56 Å². The number of thiophene rings is 1. The molecule has 148 valence electrons. The van der Waals surface area contributed by atoms with Crippen molar-refractivity contribution in [2.24, 2.45) is 0 Å². The maximum Gasteiger partial charge on any atom is 0.264 e. The van der Waals surface area contributed by atoms with E-state index in [-0.39, 0.29) is 17.4 Å². The molecule has 1 unspecified atom stereocenters. The molecule has 0 saturated carbocycles. The van der Waals surface area contributed by atoms with Crippen molar-refractivity contribution in [2.45, 2.75) is 32.6 Å². The van der Waals surface area contributed by atoms with Gasteiger partial charge >= 0.3 is 0 Å². The zero-order valence-electron chi connectivity index (χ0n) is 16.2. The molecule has 9 heteroatoms. The lowest BCUT2D eigenvalue weighted by molar-refractivity contribution is 0.0708. The number of fused-ring (bicyclic) bond motifs is 2. The monoisotopic (exact) mass is 408 g/mol. The molecular formula is C20H20N6O2S. The number of nitrogens with one attached hydrogen (secondary N) is 1. The van der Waals surface area contributed by atoms with Crippen LogP contribution in [0.5, 0.6) is 0 Å². The molecule has 0 spiro atoms. The number of hydrogen-bond donors (Lipinski definition) is 1. The van der Waals surface area contributed by atoms with Gasteiger partial charge in [0.15, 0.2) is 5.65 Å². The van der Waals surface area contributed by atoms with Crippen LogP contribution in [0.25, 0.3) is 15.9 Å². The van der Waals surface area contributed by atoms with Gasteiger partial charge in [-0.25, -0.2) is 4.98 Å². The maximum absolute atomic E-state index is 13.3. The Morgan fingerprint density at radius 2 is 2.14 bits per heavy atom. The highest BCUT2D eigenvalue weighted by Crippen LogP contribution is 2.31. The predicted octanol–water partition coefficient (Wildman–Crippen LogP) is 2.66. The third-order valence-electron chi connectivity index (χ3n) is 5.53. The van der Waals surface area contributed by atoms with Gasteiger partial charge < -0.3 is 9.88 Å². The van der Waals surface area contributed by atoms with Gasteiger partial charge in [0.2, 0.25) is 0 Å². The Labute approximate surface area is 170 Å². The molecule has 4 aromatic heterocycles. The zero-order chi connectivity index (χ0) is 20.1. The molecule has 0 bridgehead atoms. The molecule has 0 aromatic carbocycles. The molecule has 29 heavy (non-hydrogen) atoms. The van der Waals surface area contributed by atoms with Crippen molar-refractivity contribution >= 4 is 33.1 Å². The molecule has 1 atom stereocenters. The zero-order valence-corrected chi connectivity index (χ0v) is 17.0. The summed E-state index contributed by atoms with van der Waals surface area (Å²) in [7, 11) is 0. The normalized spacial score (nSPS) is 17.3. The van der Waals surface area contributed by atoms with Crippen LogP contribution in [0, 0.1) is 13.8 Å². The summed E-state index contributed by atoms with van der Waals surface area (Å²) in [5.74, 6) is 1.53. The van der Waals surface area contributed by atoms with E-state index in [1.54, 1.807) is 6.92 Å². The van der Waals surface area contributed by atoms with Crippen LogP contribution in [0.1, 0.15) is 45.6 Å². The van der Waals surface area contributed by atoms with Crippen molar-refractivity contribution in [1.29, 1.82) is 0 Å². The van der Waals surface area contributed by atoms with E-state index in [2.05, 4.69) is 20.2 Å². The first-order valence-corrected chi connectivity index (χ1v) is 10.4. The van der Waals surface area contributed by atoms with Crippen LogP contribution in [0.15, 0.2) is 29.2 Å². The average molecular weight is 408 g/mol. The second-order valence-corrected chi connectivity index (χ2v) is 8.46. The fourth-order valence-corrected chi connectivity index (χ4v) is 5.31. The van der Waals surface area contributed by atoms with Gasteiger partial charge in [-0.05, 0) is 44.4 Å². The summed E-state index contributed by atoms with van der Waals surface area (Å²) >= 11 is 1.30. The van der Waals surface area contributed by atoms with Gasteiger partial charge in [0, 0.05) is 25.2 Å². The Balaban J connectivity index is 1.47. The first-order chi connectivity index (χ1) is 14.0. The Morgan fingerprint density at radius 1 is 1.28 bits per heavy atom. The van der Waals surface area contributed by atoms with E-state index in [1.165, 1.54) is 11.3 Å². The van der Waals surface area contributed by atoms with Gasteiger partial charge in [-0.2, -0.15) is 0 Å². The second-order valence-electron chi connectivity index (χ2n) is 7.47. The number of hydrogen-bond acceptors (Lipinski definition) is 6. The van der Waals surface area contributed by atoms with E-state index in [4.69, 9.17) is 0 Å². The van der Waals surface area contributed by atoms with Crippen molar-refractivity contribution in [3.63, 3.8) is 0 Å². The Hall–Kier alpha value is -3.07. The van der Waals surface area contributed by atoms with Crippen LogP contribution >= 0.6 is 11.3 Å². The third kappa shape index (κ3) is 2.93. The molecular weight excluding hydrogens is 388 g/mol. The van der Waals surface area contributed by atoms with Gasteiger partial charge in [0.05, 0.1) is 10.3 Å². The van der Waals surface area contributed by atoms with Crippen molar-refractivity contribution in [3.8, 4) is 0 Å². The number of likely N-dealkylation sites (tertiary alicyclic amines) is 1. The topological polar surface area (TPSA) is 96.2 Å². The molecule has 5 rings (SSSR count). The summed E-state index contributed by atoms with van der Waals surface area (Å²) in [4.78, 5) is 35.9. The molecule has 8 nitrogen and oxygen atoms in total. The van der Waals surface area contributed by atoms with Crippen molar-refractivity contribution in [3.05, 3.63) is 56.8 Å². The lowest BCUT2D eigenvalue weighted by Gasteiger charge is -2.31. The van der Waals surface area contributed by atoms with Gasteiger partial charge in [-0.15, -0.1) is 21.5 Å². The Morgan fingerprint density at radius 3 is 3.00 bits per heavy atom. The van der Waals surface area contributed by atoms with E-state index in [1.807, 2.05) is 40.6 Å². The lowest BCUT2D eigenvalue weighted by Crippen LogP contribution is -2.39. The van der Waals surface area contributed by atoms with Crippen LogP contribution in [0.4, 0.5) is 0 Å². The second kappa shape index (κ2) is 6.77. The quantitative estimate of drug-likeness (QED) is 0.550. The number of aromatic amines is 1. The van der Waals surface area contributed by atoms with Gasteiger partial charge in [0.1, 0.15) is 16.5 Å². The number of aromatic nitrogens is 5. The first kappa shape index (κ1) is 18.0. The molecule has 1 N–H and O–H groups in total. The summed E-state index contributed by atoms with van der Waals surface area (Å²) in [5, 5.41) is 9.14. The number of pyridine rings is 1. The standard InChI is InChI=1S/C20H20N6O2S/c1-11-15-18(27)21-12(2)22-19(15)29-16(11)20(28)25-8-5-6-13(10-25)17-24-23-14-7-3-4-9-26(14)17/h3-4,7,9,13H,5-6,8,10H2,1-2H3,(H,21,22,27). The number of piperidine rings is 1. The van der Waals surface area contributed by atoms with E-state index in [0.29, 0.717) is 39.6 Å². The van der Waals surface area contributed by atoms with Gasteiger partial charge in [-0.1, -0.05) is 6.07 Å². The van der Waals surface area contributed by atoms with Crippen LogP contribution in [0.2, 0.25) is 0 Å². The smallest absolute Gasteiger partial charge is 0.264 e. The minimum absolute atomic E-state index is 0.0407. The number of carbonyl (C=O) groups is 1. The molecule has 1 amide bonds. The predicted molar refractivity (Wildman–Crippen MR) is 111 cm³/mol. The van der Waals surface area contributed by atoms with Crippen molar-refractivity contribution < 1.29 is 4.79 Å². The highest BCUT2D eigenvalue weighted by molar-refractivity contribution is 7.20. The Kier molecular flexibility index (Phi) is 4.20. The number of amides is 1. The number of rotatable bonds is 2. The van der Waals surface area contributed by atoms with E-state index >= 15 is 0 Å². The highest BCUT2D eigenvalue weighted by atomic mass is 32.1. The summed E-state index contributed by atoms with van der Waals surface area (Å²) in [6, 6.07) is 5.82. The largest absolute Gasteiger partial charge is 0.337 e. The highest BCUT2D eigenvalue weighted by Gasteiger charge is 2.30. The van der Waals surface area contributed by atoms with Crippen LogP contribution in [0.3, 0.4) is 0 Å². The SMILES string of the molecule is Cc1nc2sc(C(=O)N3CCCC(c4nnc5ccccn45)C3)c(C)c2c(=O)[nH]1. The third-order valence-corrected chi connectivity index (χ3v) is 6.70. The molecule has 4 aromatic rings. The van der Waals surface area contributed by atoms with Crippen molar-refractivity contribution in [2.75, 3.05) is 13.1 Å². The average Bonchev–Trinajstić information content (AvgIpc) is 3.29. The molecule has 0 aliphatic carbocycles. The van der Waals surface area contributed by atoms with E-state index < -0.39 is 0 Å². The van der Waals surface area contributed by atoms with Crippen LogP contribution in [-0.4, -0.2) is 48.5 Å². The summed E-state index contributed by atoms with van der Waals surface area (Å²) in [6.07, 6.45) is 3.83. The Bertz CT molecular complexity index is 1300. The number of nitrogens with zero attached hydrogens (tertiary/aromatic N) is 5. The minimum Gasteiger partial charge on any atom is -0.337 e. The first-order valence-electron chi connectivity index (χ1n) is 9.62. The van der Waals surface area contributed by atoms with E-state index in [9.17, 15) is 9.59 Å². The lowest BCUT2D eigenvalue weighted by atomic mass is 9.97. The van der Waals surface area contributed by atoms with Gasteiger partial charge in [-0.3, -0.25) is 14.0 Å². The minimum atomic E-state index is -0.188.